The number of rotatable bonds is 2. The van der Waals surface area contributed by atoms with E-state index in [0.29, 0.717) is 0 Å². The predicted molar refractivity (Wildman–Crippen MR) is 62.3 cm³/mol. The second-order valence-electron chi connectivity index (χ2n) is 5.53. The van der Waals surface area contributed by atoms with Gasteiger partial charge in [-0.25, -0.2) is 0 Å². The van der Waals surface area contributed by atoms with Crippen molar-refractivity contribution >= 4 is 0 Å². The molecule has 0 spiro atoms. The molecule has 2 aliphatic carbocycles. The van der Waals surface area contributed by atoms with Gasteiger partial charge in [0, 0.05) is 0 Å². The molecule has 0 nitrogen and oxygen atoms in total. The van der Waals surface area contributed by atoms with Crippen LogP contribution >= 0.6 is 0 Å². The van der Waals surface area contributed by atoms with Crippen LogP contribution < -0.4 is 0 Å². The van der Waals surface area contributed by atoms with E-state index in [-0.39, 0.29) is 5.92 Å². The molecule has 2 aliphatic rings. The molecule has 0 amide bonds. The van der Waals surface area contributed by atoms with Crippen LogP contribution in [0.4, 0.5) is 8.78 Å². The third kappa shape index (κ3) is 3.29. The number of allylic oxidation sites excluding steroid dienone is 1. The Morgan fingerprint density at radius 3 is 1.88 bits per heavy atom. The van der Waals surface area contributed by atoms with Gasteiger partial charge in [-0.3, -0.25) is 0 Å². The van der Waals surface area contributed by atoms with E-state index in [1.807, 2.05) is 0 Å². The van der Waals surface area contributed by atoms with Crippen molar-refractivity contribution in [2.45, 2.75) is 57.8 Å². The fourth-order valence-corrected chi connectivity index (χ4v) is 3.57. The first-order valence-electron chi connectivity index (χ1n) is 6.78. The van der Waals surface area contributed by atoms with Crippen molar-refractivity contribution in [1.82, 2.24) is 0 Å². The molecule has 0 aliphatic heterocycles. The second-order valence-corrected chi connectivity index (χ2v) is 5.53. The second kappa shape index (κ2) is 5.79. The third-order valence-electron chi connectivity index (χ3n) is 4.49. The molecule has 0 aromatic carbocycles. The molecule has 16 heavy (non-hydrogen) atoms. The van der Waals surface area contributed by atoms with Gasteiger partial charge in [-0.15, -0.1) is 0 Å². The lowest BCUT2D eigenvalue weighted by atomic mass is 9.71. The van der Waals surface area contributed by atoms with E-state index in [4.69, 9.17) is 0 Å². The minimum absolute atomic E-state index is 0.157. The van der Waals surface area contributed by atoms with Gasteiger partial charge in [-0.1, -0.05) is 32.1 Å². The summed E-state index contributed by atoms with van der Waals surface area (Å²) in [4.78, 5) is 0. The van der Waals surface area contributed by atoms with Crippen LogP contribution in [-0.2, 0) is 0 Å². The van der Waals surface area contributed by atoms with Crippen molar-refractivity contribution in [3.63, 3.8) is 0 Å². The van der Waals surface area contributed by atoms with Crippen molar-refractivity contribution in [2.75, 3.05) is 0 Å². The van der Waals surface area contributed by atoms with Crippen LogP contribution in [0.1, 0.15) is 57.8 Å². The Kier molecular flexibility index (Phi) is 4.37. The Bertz CT molecular complexity index is 229. The standard InChI is InChI=1S/C14H22F2/c15-14(16)10-11-6-8-13(9-7-11)12-4-2-1-3-5-12/h10-13H,1-9H2. The largest absolute Gasteiger partial charge is 0.266 e. The summed E-state index contributed by atoms with van der Waals surface area (Å²) in [6.07, 6.45) is 11.0. The van der Waals surface area contributed by atoms with Crippen molar-refractivity contribution < 1.29 is 8.78 Å². The van der Waals surface area contributed by atoms with Crippen LogP contribution in [0.15, 0.2) is 12.2 Å². The monoisotopic (exact) mass is 228 g/mol. The maximum absolute atomic E-state index is 12.1. The van der Waals surface area contributed by atoms with Gasteiger partial charge in [0.15, 0.2) is 0 Å². The zero-order chi connectivity index (χ0) is 11.4. The van der Waals surface area contributed by atoms with Crippen LogP contribution in [0, 0.1) is 17.8 Å². The summed E-state index contributed by atoms with van der Waals surface area (Å²) in [6, 6.07) is 0. The Morgan fingerprint density at radius 2 is 1.31 bits per heavy atom. The molecule has 0 heterocycles. The van der Waals surface area contributed by atoms with E-state index in [9.17, 15) is 8.78 Å². The Labute approximate surface area is 97.1 Å². The van der Waals surface area contributed by atoms with Gasteiger partial charge in [0.05, 0.1) is 0 Å². The lowest BCUT2D eigenvalue weighted by Crippen LogP contribution is -2.23. The van der Waals surface area contributed by atoms with Crippen molar-refractivity contribution in [2.24, 2.45) is 17.8 Å². The van der Waals surface area contributed by atoms with Gasteiger partial charge in [0.25, 0.3) is 6.08 Å². The normalized spacial score (nSPS) is 32.4. The first kappa shape index (κ1) is 12.1. The molecule has 0 atom stereocenters. The molecule has 0 aromatic rings. The van der Waals surface area contributed by atoms with E-state index < -0.39 is 6.08 Å². The molecule has 92 valence electrons. The number of hydrogen-bond acceptors (Lipinski definition) is 0. The summed E-state index contributed by atoms with van der Waals surface area (Å²) in [5.74, 6) is 1.91. The highest BCUT2D eigenvalue weighted by atomic mass is 19.3. The fraction of sp³-hybridized carbons (Fsp3) is 0.857. The summed E-state index contributed by atoms with van der Waals surface area (Å²) < 4.78 is 24.3. The molecule has 0 radical (unpaired) electrons. The van der Waals surface area contributed by atoms with Crippen molar-refractivity contribution in [3.8, 4) is 0 Å². The molecule has 0 saturated heterocycles. The highest BCUT2D eigenvalue weighted by Gasteiger charge is 2.27. The molecule has 2 fully saturated rings. The van der Waals surface area contributed by atoms with E-state index in [2.05, 4.69) is 0 Å². The summed E-state index contributed by atoms with van der Waals surface area (Å²) in [5.41, 5.74) is 0. The minimum atomic E-state index is -1.49. The van der Waals surface area contributed by atoms with E-state index in [0.717, 1.165) is 24.7 Å². The zero-order valence-electron chi connectivity index (χ0n) is 9.93. The number of hydrogen-bond donors (Lipinski definition) is 0. The maximum Gasteiger partial charge on any atom is 0.266 e. The van der Waals surface area contributed by atoms with Gasteiger partial charge in [0.2, 0.25) is 0 Å². The average molecular weight is 228 g/mol. The fourth-order valence-electron chi connectivity index (χ4n) is 3.57. The molecular formula is C14H22F2. The van der Waals surface area contributed by atoms with Gasteiger partial charge in [0.1, 0.15) is 0 Å². The first-order valence-corrected chi connectivity index (χ1v) is 6.78. The highest BCUT2D eigenvalue weighted by Crippen LogP contribution is 2.40. The molecule has 2 saturated carbocycles. The molecular weight excluding hydrogens is 206 g/mol. The predicted octanol–water partition coefficient (Wildman–Crippen LogP) is 5.15. The Balaban J connectivity index is 1.78. The van der Waals surface area contributed by atoms with Crippen molar-refractivity contribution in [1.29, 1.82) is 0 Å². The first-order chi connectivity index (χ1) is 7.75. The third-order valence-corrected chi connectivity index (χ3v) is 4.49. The summed E-state index contributed by atoms with van der Waals surface area (Å²) in [7, 11) is 0. The van der Waals surface area contributed by atoms with E-state index in [1.165, 1.54) is 51.0 Å². The summed E-state index contributed by atoms with van der Waals surface area (Å²) in [5, 5.41) is 0. The summed E-state index contributed by atoms with van der Waals surface area (Å²) >= 11 is 0. The highest BCUT2D eigenvalue weighted by molar-refractivity contribution is 4.91. The molecule has 2 heteroatoms. The van der Waals surface area contributed by atoms with Gasteiger partial charge >= 0.3 is 0 Å². The van der Waals surface area contributed by atoms with Crippen molar-refractivity contribution in [3.05, 3.63) is 12.2 Å². The summed E-state index contributed by atoms with van der Waals surface area (Å²) in [6.45, 7) is 0. The quantitative estimate of drug-likeness (QED) is 0.613. The van der Waals surface area contributed by atoms with Gasteiger partial charge in [-0.05, 0) is 49.5 Å². The molecule has 0 aromatic heterocycles. The van der Waals surface area contributed by atoms with Crippen LogP contribution in [0.25, 0.3) is 0 Å². The Hall–Kier alpha value is -0.400. The van der Waals surface area contributed by atoms with Gasteiger partial charge in [-0.2, -0.15) is 8.78 Å². The van der Waals surface area contributed by atoms with Crippen LogP contribution in [0.5, 0.6) is 0 Å². The topological polar surface area (TPSA) is 0 Å². The SMILES string of the molecule is FC(F)=CC1CCC(C2CCCCC2)CC1. The van der Waals surface area contributed by atoms with E-state index in [1.54, 1.807) is 0 Å². The average Bonchev–Trinajstić information content (AvgIpc) is 2.30. The molecule has 0 N–H and O–H groups in total. The number of halogens is 2. The lowest BCUT2D eigenvalue weighted by Gasteiger charge is -2.35. The smallest absolute Gasteiger partial charge is 0.174 e. The zero-order valence-corrected chi connectivity index (χ0v) is 9.93. The van der Waals surface area contributed by atoms with Crippen LogP contribution in [0.2, 0.25) is 0 Å². The van der Waals surface area contributed by atoms with Crippen LogP contribution in [-0.4, -0.2) is 0 Å². The van der Waals surface area contributed by atoms with E-state index >= 15 is 0 Å². The molecule has 0 unspecified atom stereocenters. The Morgan fingerprint density at radius 1 is 0.750 bits per heavy atom. The molecule has 0 bridgehead atoms. The van der Waals surface area contributed by atoms with Gasteiger partial charge < -0.3 is 0 Å². The maximum atomic E-state index is 12.1. The molecule has 2 rings (SSSR count). The minimum Gasteiger partial charge on any atom is -0.174 e. The van der Waals surface area contributed by atoms with Crippen LogP contribution in [0.3, 0.4) is 0 Å². The lowest BCUT2D eigenvalue weighted by molar-refractivity contribution is 0.178.